The fourth-order valence-corrected chi connectivity index (χ4v) is 5.32. The molecule has 10 heteroatoms. The summed E-state index contributed by atoms with van der Waals surface area (Å²) in [7, 11) is -3.27. The Morgan fingerprint density at radius 3 is 2.62 bits per heavy atom. The van der Waals surface area contributed by atoms with Gasteiger partial charge in [-0.3, -0.25) is 9.69 Å². The first-order valence-corrected chi connectivity index (χ1v) is 12.9. The highest BCUT2D eigenvalue weighted by molar-refractivity contribution is 7.91. The second-order valence-electron chi connectivity index (χ2n) is 7.39. The van der Waals surface area contributed by atoms with Gasteiger partial charge < -0.3 is 14.6 Å². The molecule has 1 aliphatic heterocycles. The van der Waals surface area contributed by atoms with E-state index in [1.165, 1.54) is 17.0 Å². The lowest BCUT2D eigenvalue weighted by Gasteiger charge is -2.34. The van der Waals surface area contributed by atoms with E-state index in [1.54, 1.807) is 36.5 Å². The number of carbonyl (C=O) groups is 1. The topological polar surface area (TPSA) is 102 Å². The van der Waals surface area contributed by atoms with Crippen molar-refractivity contribution in [2.45, 2.75) is 17.9 Å². The van der Waals surface area contributed by atoms with Crippen LogP contribution in [0, 0.1) is 0 Å². The summed E-state index contributed by atoms with van der Waals surface area (Å²) < 4.78 is 34.7. The zero-order chi connectivity index (χ0) is 22.6. The van der Waals surface area contributed by atoms with Gasteiger partial charge in [0.1, 0.15) is 0 Å². The molecule has 0 saturated carbocycles. The van der Waals surface area contributed by atoms with E-state index in [0.29, 0.717) is 31.1 Å². The Hall–Kier alpha value is -2.53. The van der Waals surface area contributed by atoms with E-state index in [4.69, 9.17) is 9.26 Å². The zero-order valence-corrected chi connectivity index (χ0v) is 19.3. The van der Waals surface area contributed by atoms with E-state index < -0.39 is 9.84 Å². The molecule has 1 aromatic carbocycles. The van der Waals surface area contributed by atoms with Crippen LogP contribution in [-0.4, -0.2) is 63.0 Å². The third kappa shape index (κ3) is 5.09. The molecule has 1 amide bonds. The molecule has 1 atom stereocenters. The molecule has 0 bridgehead atoms. The summed E-state index contributed by atoms with van der Waals surface area (Å²) in [6.45, 7) is 5.05. The number of aromatic nitrogens is 1. The largest absolute Gasteiger partial charge is 0.379 e. The summed E-state index contributed by atoms with van der Waals surface area (Å²) in [4.78, 5) is 16.5. The highest BCUT2D eigenvalue weighted by atomic mass is 32.2. The summed E-state index contributed by atoms with van der Waals surface area (Å²) in [5.74, 6) is 0.120. The van der Waals surface area contributed by atoms with Crippen molar-refractivity contribution in [3.8, 4) is 11.3 Å². The molecule has 4 rings (SSSR count). The van der Waals surface area contributed by atoms with Crippen LogP contribution in [0.5, 0.6) is 0 Å². The zero-order valence-electron chi connectivity index (χ0n) is 17.7. The van der Waals surface area contributed by atoms with Crippen LogP contribution < -0.4 is 5.32 Å². The number of nitrogens with one attached hydrogen (secondary N) is 1. The van der Waals surface area contributed by atoms with Gasteiger partial charge in [-0.05, 0) is 35.7 Å². The van der Waals surface area contributed by atoms with Crippen LogP contribution in [0.4, 0.5) is 0 Å². The van der Waals surface area contributed by atoms with Gasteiger partial charge in [-0.2, -0.15) is 0 Å². The van der Waals surface area contributed by atoms with Gasteiger partial charge in [-0.25, -0.2) is 8.42 Å². The minimum Gasteiger partial charge on any atom is -0.379 e. The van der Waals surface area contributed by atoms with Crippen LogP contribution in [0.25, 0.3) is 11.3 Å². The van der Waals surface area contributed by atoms with Gasteiger partial charge in [-0.1, -0.05) is 18.1 Å². The number of ether oxygens (including phenoxy) is 1. The number of hydrogen-bond acceptors (Lipinski definition) is 8. The van der Waals surface area contributed by atoms with Gasteiger partial charge in [-0.15, -0.1) is 11.3 Å². The fraction of sp³-hybridized carbons (Fsp3) is 0.364. The van der Waals surface area contributed by atoms with Crippen molar-refractivity contribution >= 4 is 27.1 Å². The average molecular weight is 476 g/mol. The molecule has 0 spiro atoms. The predicted octanol–water partition coefficient (Wildman–Crippen LogP) is 3.00. The van der Waals surface area contributed by atoms with Gasteiger partial charge in [0.2, 0.25) is 0 Å². The Morgan fingerprint density at radius 1 is 1.22 bits per heavy atom. The third-order valence-electron chi connectivity index (χ3n) is 5.43. The van der Waals surface area contributed by atoms with Crippen molar-refractivity contribution < 1.29 is 22.5 Å². The van der Waals surface area contributed by atoms with E-state index in [0.717, 1.165) is 13.1 Å². The SMILES string of the molecule is CCS(=O)(=O)c1ccc(-c2cc(C(=O)NCC(c3cccs3)N3CCOCC3)no2)cc1. The highest BCUT2D eigenvalue weighted by Gasteiger charge is 2.25. The number of hydrogen-bond donors (Lipinski definition) is 1. The molecule has 0 radical (unpaired) electrons. The molecule has 3 aromatic rings. The van der Waals surface area contributed by atoms with Crippen molar-refractivity contribution in [2.75, 3.05) is 38.6 Å². The number of nitrogens with zero attached hydrogens (tertiary/aromatic N) is 2. The lowest BCUT2D eigenvalue weighted by atomic mass is 10.1. The Bertz CT molecular complexity index is 1130. The van der Waals surface area contributed by atoms with Crippen molar-refractivity contribution in [1.29, 1.82) is 0 Å². The van der Waals surface area contributed by atoms with E-state index in [2.05, 4.69) is 21.4 Å². The summed E-state index contributed by atoms with van der Waals surface area (Å²) in [5.41, 5.74) is 0.827. The van der Waals surface area contributed by atoms with E-state index >= 15 is 0 Å². The van der Waals surface area contributed by atoms with E-state index in [9.17, 15) is 13.2 Å². The molecule has 1 aliphatic rings. The molecule has 1 fully saturated rings. The second-order valence-corrected chi connectivity index (χ2v) is 10.7. The molecule has 0 aliphatic carbocycles. The molecule has 1 unspecified atom stereocenters. The van der Waals surface area contributed by atoms with Crippen LogP contribution in [0.2, 0.25) is 0 Å². The van der Waals surface area contributed by atoms with Crippen LogP contribution >= 0.6 is 11.3 Å². The van der Waals surface area contributed by atoms with Gasteiger partial charge in [0.15, 0.2) is 21.3 Å². The Kier molecular flexibility index (Phi) is 7.04. The average Bonchev–Trinajstić information content (AvgIpc) is 3.53. The minimum absolute atomic E-state index is 0.0376. The molecular weight excluding hydrogens is 450 g/mol. The Balaban J connectivity index is 1.43. The maximum Gasteiger partial charge on any atom is 0.273 e. The summed E-state index contributed by atoms with van der Waals surface area (Å²) in [5, 5.41) is 8.90. The highest BCUT2D eigenvalue weighted by Crippen LogP contribution is 2.26. The molecule has 3 heterocycles. The van der Waals surface area contributed by atoms with E-state index in [-0.39, 0.29) is 28.3 Å². The Labute approximate surface area is 191 Å². The lowest BCUT2D eigenvalue weighted by Crippen LogP contribution is -2.43. The van der Waals surface area contributed by atoms with Crippen molar-refractivity contribution in [3.05, 3.63) is 58.4 Å². The van der Waals surface area contributed by atoms with Gasteiger partial charge in [0, 0.05) is 36.1 Å². The smallest absolute Gasteiger partial charge is 0.273 e. The summed E-state index contributed by atoms with van der Waals surface area (Å²) in [6, 6.07) is 12.1. The molecule has 1 N–H and O–H groups in total. The van der Waals surface area contributed by atoms with Crippen LogP contribution in [0.1, 0.15) is 28.3 Å². The van der Waals surface area contributed by atoms with Crippen molar-refractivity contribution in [1.82, 2.24) is 15.4 Å². The third-order valence-corrected chi connectivity index (χ3v) is 8.16. The van der Waals surface area contributed by atoms with Gasteiger partial charge in [0.25, 0.3) is 5.91 Å². The van der Waals surface area contributed by atoms with Crippen LogP contribution in [-0.2, 0) is 14.6 Å². The fourth-order valence-electron chi connectivity index (χ4n) is 3.57. The number of morpholine rings is 1. The summed E-state index contributed by atoms with van der Waals surface area (Å²) >= 11 is 1.67. The molecule has 1 saturated heterocycles. The van der Waals surface area contributed by atoms with Crippen LogP contribution in [0.3, 0.4) is 0 Å². The normalized spacial score (nSPS) is 16.0. The Morgan fingerprint density at radius 2 is 1.97 bits per heavy atom. The van der Waals surface area contributed by atoms with E-state index in [1.807, 2.05) is 11.4 Å². The quantitative estimate of drug-likeness (QED) is 0.534. The number of sulfone groups is 1. The first-order valence-electron chi connectivity index (χ1n) is 10.4. The molecule has 8 nitrogen and oxygen atoms in total. The molecule has 170 valence electrons. The monoisotopic (exact) mass is 475 g/mol. The molecule has 32 heavy (non-hydrogen) atoms. The number of amides is 1. The van der Waals surface area contributed by atoms with Crippen molar-refractivity contribution in [2.24, 2.45) is 0 Å². The van der Waals surface area contributed by atoms with Crippen molar-refractivity contribution in [3.63, 3.8) is 0 Å². The maximum absolute atomic E-state index is 12.7. The molecule has 2 aromatic heterocycles. The van der Waals surface area contributed by atoms with Gasteiger partial charge >= 0.3 is 0 Å². The number of thiophene rings is 1. The standard InChI is InChI=1S/C22H25N3O5S2/c1-2-32(27,28)17-7-5-16(6-8-17)20-14-18(24-30-20)22(26)23-15-19(21-4-3-13-31-21)25-9-11-29-12-10-25/h3-8,13-14,19H,2,9-12,15H2,1H3,(H,23,26). The maximum atomic E-state index is 12.7. The molecular formula is C22H25N3O5S2. The lowest BCUT2D eigenvalue weighted by molar-refractivity contribution is 0.0169. The number of benzene rings is 1. The second kappa shape index (κ2) is 9.95. The van der Waals surface area contributed by atoms with Gasteiger partial charge in [0.05, 0.1) is 29.9 Å². The minimum atomic E-state index is -3.27. The first-order chi connectivity index (χ1) is 15.5. The number of carbonyl (C=O) groups excluding carboxylic acids is 1. The first kappa shape index (κ1) is 22.7. The number of rotatable bonds is 8. The predicted molar refractivity (Wildman–Crippen MR) is 121 cm³/mol. The summed E-state index contributed by atoms with van der Waals surface area (Å²) in [6.07, 6.45) is 0. The van der Waals surface area contributed by atoms with Crippen LogP contribution in [0.15, 0.2) is 57.3 Å².